The van der Waals surface area contributed by atoms with E-state index in [1.165, 1.54) is 37.4 Å². The fraction of sp³-hybridized carbons (Fsp3) is 1.00. The SMILES string of the molecule is CCNC1C(CN2CCSCC2C)CCC1(C)C. The highest BCUT2D eigenvalue weighted by Crippen LogP contribution is 2.42. The highest BCUT2D eigenvalue weighted by atomic mass is 32.2. The fourth-order valence-electron chi connectivity index (χ4n) is 3.71. The molecule has 2 nitrogen and oxygen atoms in total. The zero-order valence-corrected chi connectivity index (χ0v) is 13.4. The van der Waals surface area contributed by atoms with Gasteiger partial charge >= 0.3 is 0 Å². The first kappa shape index (κ1) is 14.7. The Morgan fingerprint density at radius 3 is 2.83 bits per heavy atom. The third-order valence-electron chi connectivity index (χ3n) is 4.87. The van der Waals surface area contributed by atoms with Crippen LogP contribution in [0.25, 0.3) is 0 Å². The second-order valence-electron chi connectivity index (χ2n) is 6.74. The van der Waals surface area contributed by atoms with Crippen LogP contribution >= 0.6 is 11.8 Å². The monoisotopic (exact) mass is 270 g/mol. The summed E-state index contributed by atoms with van der Waals surface area (Å²) in [5.41, 5.74) is 0.481. The Balaban J connectivity index is 1.95. The molecule has 106 valence electrons. The number of hydrogen-bond donors (Lipinski definition) is 1. The van der Waals surface area contributed by atoms with E-state index in [0.29, 0.717) is 11.5 Å². The lowest BCUT2D eigenvalue weighted by molar-refractivity contribution is 0.163. The molecule has 1 saturated heterocycles. The van der Waals surface area contributed by atoms with Gasteiger partial charge in [0.05, 0.1) is 0 Å². The van der Waals surface area contributed by atoms with Crippen LogP contribution in [0.4, 0.5) is 0 Å². The zero-order valence-electron chi connectivity index (χ0n) is 12.5. The second-order valence-corrected chi connectivity index (χ2v) is 7.89. The first-order valence-corrected chi connectivity index (χ1v) is 8.75. The summed E-state index contributed by atoms with van der Waals surface area (Å²) >= 11 is 2.12. The smallest absolute Gasteiger partial charge is 0.0159 e. The van der Waals surface area contributed by atoms with Gasteiger partial charge in [-0.3, -0.25) is 4.90 Å². The van der Waals surface area contributed by atoms with Crippen molar-refractivity contribution in [2.45, 2.75) is 52.6 Å². The Bertz CT molecular complexity index is 267. The molecule has 1 aliphatic carbocycles. The summed E-state index contributed by atoms with van der Waals surface area (Å²) < 4.78 is 0. The summed E-state index contributed by atoms with van der Waals surface area (Å²) in [7, 11) is 0. The molecule has 1 N–H and O–H groups in total. The second kappa shape index (κ2) is 6.15. The minimum atomic E-state index is 0.481. The molecular formula is C15H30N2S. The van der Waals surface area contributed by atoms with E-state index in [2.05, 4.69) is 49.7 Å². The summed E-state index contributed by atoms with van der Waals surface area (Å²) in [5.74, 6) is 3.50. The van der Waals surface area contributed by atoms with Gasteiger partial charge in [-0.2, -0.15) is 11.8 Å². The van der Waals surface area contributed by atoms with Gasteiger partial charge in [-0.15, -0.1) is 0 Å². The molecule has 0 bridgehead atoms. The zero-order chi connectivity index (χ0) is 13.2. The summed E-state index contributed by atoms with van der Waals surface area (Å²) in [6, 6.07) is 1.49. The van der Waals surface area contributed by atoms with Crippen LogP contribution in [0.3, 0.4) is 0 Å². The molecule has 0 aromatic heterocycles. The molecule has 3 unspecified atom stereocenters. The largest absolute Gasteiger partial charge is 0.313 e. The van der Waals surface area contributed by atoms with Crippen molar-refractivity contribution in [3.05, 3.63) is 0 Å². The third-order valence-corrected chi connectivity index (χ3v) is 6.06. The van der Waals surface area contributed by atoms with Crippen LogP contribution in [0.5, 0.6) is 0 Å². The average Bonchev–Trinajstić information content (AvgIpc) is 2.60. The normalized spacial score (nSPS) is 37.0. The van der Waals surface area contributed by atoms with Crippen molar-refractivity contribution in [3.8, 4) is 0 Å². The highest BCUT2D eigenvalue weighted by Gasteiger charge is 2.42. The van der Waals surface area contributed by atoms with Gasteiger partial charge in [0.2, 0.25) is 0 Å². The van der Waals surface area contributed by atoms with Crippen molar-refractivity contribution in [1.29, 1.82) is 0 Å². The Hall–Kier alpha value is 0.270. The van der Waals surface area contributed by atoms with E-state index in [-0.39, 0.29) is 0 Å². The molecule has 0 spiro atoms. The highest BCUT2D eigenvalue weighted by molar-refractivity contribution is 7.99. The summed E-state index contributed by atoms with van der Waals surface area (Å²) in [6.07, 6.45) is 2.79. The van der Waals surface area contributed by atoms with Gasteiger partial charge in [-0.25, -0.2) is 0 Å². The molecule has 0 amide bonds. The van der Waals surface area contributed by atoms with Gasteiger partial charge in [0, 0.05) is 36.7 Å². The lowest BCUT2D eigenvalue weighted by atomic mass is 9.84. The van der Waals surface area contributed by atoms with Crippen LogP contribution in [0.15, 0.2) is 0 Å². The van der Waals surface area contributed by atoms with Crippen LogP contribution in [-0.2, 0) is 0 Å². The average molecular weight is 270 g/mol. The Morgan fingerprint density at radius 1 is 1.39 bits per heavy atom. The summed E-state index contributed by atoms with van der Waals surface area (Å²) in [5, 5.41) is 3.76. The third kappa shape index (κ3) is 3.23. The van der Waals surface area contributed by atoms with Crippen LogP contribution < -0.4 is 5.32 Å². The Kier molecular flexibility index (Phi) is 5.01. The number of nitrogens with zero attached hydrogens (tertiary/aromatic N) is 1. The molecule has 18 heavy (non-hydrogen) atoms. The van der Waals surface area contributed by atoms with E-state index >= 15 is 0 Å². The van der Waals surface area contributed by atoms with Gasteiger partial charge < -0.3 is 5.32 Å². The lowest BCUT2D eigenvalue weighted by Crippen LogP contribution is -2.49. The molecule has 2 rings (SSSR count). The molecule has 1 aliphatic heterocycles. The molecule has 3 atom stereocenters. The predicted octanol–water partition coefficient (Wildman–Crippen LogP) is 2.84. The number of thioether (sulfide) groups is 1. The summed E-state index contributed by atoms with van der Waals surface area (Å²) in [6.45, 7) is 13.2. The maximum Gasteiger partial charge on any atom is 0.0159 e. The molecule has 2 aliphatic rings. The summed E-state index contributed by atoms with van der Waals surface area (Å²) in [4.78, 5) is 2.73. The maximum absolute atomic E-state index is 3.76. The number of hydrogen-bond acceptors (Lipinski definition) is 3. The number of nitrogens with one attached hydrogen (secondary N) is 1. The van der Waals surface area contributed by atoms with Crippen molar-refractivity contribution in [2.24, 2.45) is 11.3 Å². The van der Waals surface area contributed by atoms with Crippen LogP contribution in [0.1, 0.15) is 40.5 Å². The lowest BCUT2D eigenvalue weighted by Gasteiger charge is -2.38. The minimum absolute atomic E-state index is 0.481. The Labute approximate surface area is 117 Å². The molecule has 1 saturated carbocycles. The van der Waals surface area contributed by atoms with Crippen molar-refractivity contribution >= 4 is 11.8 Å². The van der Waals surface area contributed by atoms with Gasteiger partial charge in [0.1, 0.15) is 0 Å². The van der Waals surface area contributed by atoms with Crippen molar-refractivity contribution in [3.63, 3.8) is 0 Å². The van der Waals surface area contributed by atoms with Crippen molar-refractivity contribution < 1.29 is 0 Å². The molecular weight excluding hydrogens is 240 g/mol. The minimum Gasteiger partial charge on any atom is -0.313 e. The van der Waals surface area contributed by atoms with E-state index < -0.39 is 0 Å². The molecule has 2 fully saturated rings. The maximum atomic E-state index is 3.76. The molecule has 3 heteroatoms. The standard InChI is InChI=1S/C15H30N2S/c1-5-16-14-13(6-7-15(14,3)4)10-17-8-9-18-11-12(17)2/h12-14,16H,5-11H2,1-4H3. The topological polar surface area (TPSA) is 15.3 Å². The molecule has 0 aromatic rings. The van der Waals surface area contributed by atoms with E-state index in [0.717, 1.165) is 18.5 Å². The van der Waals surface area contributed by atoms with Crippen LogP contribution in [0.2, 0.25) is 0 Å². The van der Waals surface area contributed by atoms with Gasteiger partial charge in [-0.05, 0) is 37.6 Å². The first-order chi connectivity index (χ1) is 8.54. The van der Waals surface area contributed by atoms with Gasteiger partial charge in [0.25, 0.3) is 0 Å². The molecule has 1 heterocycles. The van der Waals surface area contributed by atoms with Gasteiger partial charge in [0.15, 0.2) is 0 Å². The van der Waals surface area contributed by atoms with Crippen molar-refractivity contribution in [1.82, 2.24) is 10.2 Å². The predicted molar refractivity (Wildman–Crippen MR) is 82.3 cm³/mol. The first-order valence-electron chi connectivity index (χ1n) is 7.59. The Morgan fingerprint density at radius 2 is 2.17 bits per heavy atom. The fourth-order valence-corrected chi connectivity index (χ4v) is 4.79. The van der Waals surface area contributed by atoms with E-state index in [4.69, 9.17) is 0 Å². The van der Waals surface area contributed by atoms with E-state index in [9.17, 15) is 0 Å². The molecule has 0 aromatic carbocycles. The molecule has 0 radical (unpaired) electrons. The number of rotatable bonds is 4. The van der Waals surface area contributed by atoms with E-state index in [1.54, 1.807) is 0 Å². The van der Waals surface area contributed by atoms with Crippen molar-refractivity contribution in [2.75, 3.05) is 31.1 Å². The quantitative estimate of drug-likeness (QED) is 0.846. The van der Waals surface area contributed by atoms with Gasteiger partial charge in [-0.1, -0.05) is 20.8 Å². The van der Waals surface area contributed by atoms with Crippen LogP contribution in [-0.4, -0.2) is 48.1 Å². The van der Waals surface area contributed by atoms with E-state index in [1.807, 2.05) is 0 Å². The van der Waals surface area contributed by atoms with Crippen LogP contribution in [0, 0.1) is 11.3 Å².